The molecule has 0 fully saturated rings. The van der Waals surface area contributed by atoms with Crippen LogP contribution in [0.1, 0.15) is 10.4 Å². The molecule has 0 saturated heterocycles. The minimum absolute atomic E-state index is 0.0214. The van der Waals surface area contributed by atoms with E-state index in [-0.39, 0.29) is 9.90 Å². The molecule has 2 N–H and O–H groups in total. The monoisotopic (exact) mass is 301 g/mol. The Hall–Kier alpha value is -1.93. The zero-order valence-corrected chi connectivity index (χ0v) is 11.0. The van der Waals surface area contributed by atoms with E-state index in [0.29, 0.717) is 0 Å². The lowest BCUT2D eigenvalue weighted by Crippen LogP contribution is -2.15. The van der Waals surface area contributed by atoms with Gasteiger partial charge >= 0.3 is 5.97 Å². The van der Waals surface area contributed by atoms with Crippen LogP contribution in [0.4, 0.5) is 10.1 Å². The third-order valence-electron chi connectivity index (χ3n) is 2.23. The maximum absolute atomic E-state index is 13.4. The highest BCUT2D eigenvalue weighted by Crippen LogP contribution is 2.24. The number of thiophene rings is 1. The molecule has 100 valence electrons. The summed E-state index contributed by atoms with van der Waals surface area (Å²) in [6.07, 6.45) is 0. The van der Waals surface area contributed by atoms with Crippen LogP contribution < -0.4 is 4.72 Å². The fourth-order valence-electron chi connectivity index (χ4n) is 1.44. The summed E-state index contributed by atoms with van der Waals surface area (Å²) in [7, 11) is -3.90. The van der Waals surface area contributed by atoms with E-state index in [2.05, 4.69) is 4.72 Å². The van der Waals surface area contributed by atoms with Gasteiger partial charge in [0.2, 0.25) is 0 Å². The summed E-state index contributed by atoms with van der Waals surface area (Å²) < 4.78 is 39.4. The van der Waals surface area contributed by atoms with Crippen molar-refractivity contribution in [1.82, 2.24) is 0 Å². The van der Waals surface area contributed by atoms with E-state index in [4.69, 9.17) is 5.11 Å². The Balaban J connectivity index is 2.45. The van der Waals surface area contributed by atoms with Crippen LogP contribution >= 0.6 is 11.3 Å². The van der Waals surface area contributed by atoms with Crippen molar-refractivity contribution in [1.29, 1.82) is 0 Å². The second-order valence-electron chi connectivity index (χ2n) is 3.51. The van der Waals surface area contributed by atoms with Crippen molar-refractivity contribution < 1.29 is 22.7 Å². The van der Waals surface area contributed by atoms with Crippen molar-refractivity contribution in [3.05, 3.63) is 47.1 Å². The molecule has 0 aliphatic carbocycles. The fraction of sp³-hybridized carbons (Fsp3) is 0. The molecule has 1 aromatic heterocycles. The summed E-state index contributed by atoms with van der Waals surface area (Å²) in [5, 5.41) is 10.5. The minimum atomic E-state index is -3.90. The molecule has 5 nitrogen and oxygen atoms in total. The molecule has 2 aromatic rings. The van der Waals surface area contributed by atoms with E-state index < -0.39 is 27.4 Å². The highest BCUT2D eigenvalue weighted by atomic mass is 32.2. The molecule has 0 spiro atoms. The maximum Gasteiger partial charge on any atom is 0.340 e. The molecule has 0 atom stereocenters. The molecule has 0 unspecified atom stereocenters. The first-order chi connectivity index (χ1) is 8.92. The van der Waals surface area contributed by atoms with Gasteiger partial charge in [0.1, 0.15) is 15.6 Å². The summed E-state index contributed by atoms with van der Waals surface area (Å²) in [6, 6.07) is 6.29. The fourth-order valence-corrected chi connectivity index (χ4v) is 3.50. The standard InChI is InChI=1S/C11H8FNO4S2/c12-7-3-1-4-8(10(7)11(14)15)13-19(16,17)9-5-2-6-18-9/h1-6,13H,(H,14,15). The van der Waals surface area contributed by atoms with Gasteiger partial charge in [-0.1, -0.05) is 12.1 Å². The summed E-state index contributed by atoms with van der Waals surface area (Å²) >= 11 is 0.976. The predicted molar refractivity (Wildman–Crippen MR) is 68.5 cm³/mol. The number of nitrogens with one attached hydrogen (secondary N) is 1. The second-order valence-corrected chi connectivity index (χ2v) is 6.36. The van der Waals surface area contributed by atoms with Gasteiger partial charge in [0.05, 0.1) is 5.69 Å². The predicted octanol–water partition coefficient (Wildman–Crippen LogP) is 2.39. The van der Waals surface area contributed by atoms with Gasteiger partial charge in [0, 0.05) is 0 Å². The van der Waals surface area contributed by atoms with Crippen LogP contribution in [0.5, 0.6) is 0 Å². The second kappa shape index (κ2) is 4.98. The lowest BCUT2D eigenvalue weighted by Gasteiger charge is -2.09. The van der Waals surface area contributed by atoms with Crippen LogP contribution in [-0.2, 0) is 10.0 Å². The Morgan fingerprint density at radius 3 is 2.58 bits per heavy atom. The molecule has 8 heteroatoms. The number of anilines is 1. The van der Waals surface area contributed by atoms with Gasteiger partial charge in [0.15, 0.2) is 0 Å². The Morgan fingerprint density at radius 1 is 1.26 bits per heavy atom. The number of benzene rings is 1. The first kappa shape index (κ1) is 13.5. The van der Waals surface area contributed by atoms with Crippen LogP contribution in [0.15, 0.2) is 39.9 Å². The lowest BCUT2D eigenvalue weighted by molar-refractivity contribution is 0.0693. The van der Waals surface area contributed by atoms with Crippen molar-refractivity contribution in [2.24, 2.45) is 0 Å². The minimum Gasteiger partial charge on any atom is -0.478 e. The Morgan fingerprint density at radius 2 is 2.00 bits per heavy atom. The van der Waals surface area contributed by atoms with E-state index in [9.17, 15) is 17.6 Å². The molecule has 0 bridgehead atoms. The molecule has 0 aliphatic rings. The number of carbonyl (C=O) groups is 1. The van der Waals surface area contributed by atoms with E-state index in [0.717, 1.165) is 17.4 Å². The lowest BCUT2D eigenvalue weighted by atomic mass is 10.2. The number of halogens is 1. The van der Waals surface area contributed by atoms with Gasteiger partial charge in [-0.3, -0.25) is 4.72 Å². The number of aromatic carboxylic acids is 1. The quantitative estimate of drug-likeness (QED) is 0.908. The number of carboxylic acids is 1. The van der Waals surface area contributed by atoms with Crippen molar-refractivity contribution in [3.63, 3.8) is 0 Å². The van der Waals surface area contributed by atoms with E-state index >= 15 is 0 Å². The third-order valence-corrected chi connectivity index (χ3v) is 4.99. The number of sulfonamides is 1. The topological polar surface area (TPSA) is 83.5 Å². The zero-order valence-electron chi connectivity index (χ0n) is 9.33. The van der Waals surface area contributed by atoms with Gasteiger partial charge in [-0.2, -0.15) is 0 Å². The largest absolute Gasteiger partial charge is 0.478 e. The average Bonchev–Trinajstić information content (AvgIpc) is 2.81. The SMILES string of the molecule is O=C(O)c1c(F)cccc1NS(=O)(=O)c1cccs1. The molecule has 0 saturated carbocycles. The molecule has 1 aromatic carbocycles. The molecule has 19 heavy (non-hydrogen) atoms. The van der Waals surface area contributed by atoms with Gasteiger partial charge < -0.3 is 5.11 Å². The normalized spacial score (nSPS) is 11.2. The summed E-state index contributed by atoms with van der Waals surface area (Å²) in [4.78, 5) is 10.9. The van der Waals surface area contributed by atoms with Crippen molar-refractivity contribution >= 4 is 33.0 Å². The van der Waals surface area contributed by atoms with Crippen molar-refractivity contribution in [2.45, 2.75) is 4.21 Å². The van der Waals surface area contributed by atoms with Crippen LogP contribution in [-0.4, -0.2) is 19.5 Å². The molecule has 2 rings (SSSR count). The first-order valence-electron chi connectivity index (χ1n) is 5.00. The first-order valence-corrected chi connectivity index (χ1v) is 7.36. The van der Waals surface area contributed by atoms with Gasteiger partial charge in [0.25, 0.3) is 10.0 Å². The molecule has 0 radical (unpaired) electrons. The molecule has 1 heterocycles. The average molecular weight is 301 g/mol. The molecule has 0 amide bonds. The van der Waals surface area contributed by atoms with Gasteiger partial charge in [-0.15, -0.1) is 11.3 Å². The molecule has 0 aliphatic heterocycles. The molecular weight excluding hydrogens is 293 g/mol. The van der Waals surface area contributed by atoms with E-state index in [1.54, 1.807) is 11.4 Å². The summed E-state index contributed by atoms with van der Waals surface area (Å²) in [5.74, 6) is -2.54. The Bertz CT molecular complexity index is 710. The van der Waals surface area contributed by atoms with Crippen LogP contribution in [0, 0.1) is 5.82 Å². The van der Waals surface area contributed by atoms with Gasteiger partial charge in [-0.25, -0.2) is 17.6 Å². The van der Waals surface area contributed by atoms with Crippen molar-refractivity contribution in [2.75, 3.05) is 4.72 Å². The van der Waals surface area contributed by atoms with Crippen LogP contribution in [0.2, 0.25) is 0 Å². The van der Waals surface area contributed by atoms with Crippen LogP contribution in [0.3, 0.4) is 0 Å². The zero-order chi connectivity index (χ0) is 14.0. The number of hydrogen-bond donors (Lipinski definition) is 2. The Labute approximate surface area is 112 Å². The number of rotatable bonds is 4. The highest BCUT2D eigenvalue weighted by Gasteiger charge is 2.21. The number of carboxylic acid groups (broad SMARTS) is 1. The smallest absolute Gasteiger partial charge is 0.340 e. The molecular formula is C11H8FNO4S2. The summed E-state index contributed by atoms with van der Waals surface area (Å²) in [5.41, 5.74) is -1.01. The number of hydrogen-bond acceptors (Lipinski definition) is 4. The summed E-state index contributed by atoms with van der Waals surface area (Å²) in [6.45, 7) is 0. The van der Waals surface area contributed by atoms with E-state index in [1.165, 1.54) is 18.2 Å². The Kier molecular flexibility index (Phi) is 3.54. The maximum atomic E-state index is 13.4. The third kappa shape index (κ3) is 2.74. The van der Waals surface area contributed by atoms with Crippen molar-refractivity contribution in [3.8, 4) is 0 Å². The van der Waals surface area contributed by atoms with E-state index in [1.807, 2.05) is 0 Å². The highest BCUT2D eigenvalue weighted by molar-refractivity contribution is 7.94. The van der Waals surface area contributed by atoms with Gasteiger partial charge in [-0.05, 0) is 23.6 Å². The van der Waals surface area contributed by atoms with Crippen LogP contribution in [0.25, 0.3) is 0 Å².